The summed E-state index contributed by atoms with van der Waals surface area (Å²) < 4.78 is 0. The van der Waals surface area contributed by atoms with Crippen LogP contribution in [0.1, 0.15) is 162 Å². The van der Waals surface area contributed by atoms with E-state index in [2.05, 4.69) is 25.8 Å². The van der Waals surface area contributed by atoms with Crippen molar-refractivity contribution in [2.24, 2.45) is 0 Å². The maximum absolute atomic E-state index is 2.56. The highest BCUT2D eigenvalue weighted by Crippen LogP contribution is 2.14. The number of rotatable bonds is 25. The zero-order valence-corrected chi connectivity index (χ0v) is 21.1. The second-order valence-corrected chi connectivity index (χ2v) is 9.73. The maximum Gasteiger partial charge on any atom is -0.00218 e. The summed E-state index contributed by atoms with van der Waals surface area (Å²) in [6.07, 6.45) is 33.4. The van der Waals surface area contributed by atoms with Crippen molar-refractivity contribution < 1.29 is 0 Å². The van der Waals surface area contributed by atoms with Crippen LogP contribution in [0, 0.1) is 0 Å². The van der Waals surface area contributed by atoms with Gasteiger partial charge in [-0.25, -0.2) is 0 Å². The van der Waals surface area contributed by atoms with E-state index in [1.165, 1.54) is 161 Å². The smallest absolute Gasteiger partial charge is 0.00218 e. The van der Waals surface area contributed by atoms with Crippen LogP contribution >= 0.6 is 0 Å². The van der Waals surface area contributed by atoms with Gasteiger partial charge in [0.25, 0.3) is 0 Å². The van der Waals surface area contributed by atoms with Crippen LogP contribution in [0.5, 0.6) is 0 Å². The van der Waals surface area contributed by atoms with Gasteiger partial charge in [0.1, 0.15) is 0 Å². The molecular formula is C28H59N. The summed E-state index contributed by atoms with van der Waals surface area (Å²) in [6.45, 7) is 7.22. The van der Waals surface area contributed by atoms with Crippen molar-refractivity contribution >= 4 is 0 Å². The molecule has 29 heavy (non-hydrogen) atoms. The first-order valence-electron chi connectivity index (χ1n) is 14.0. The Morgan fingerprint density at radius 1 is 0.310 bits per heavy atom. The zero-order chi connectivity index (χ0) is 21.3. The summed E-state index contributed by atoms with van der Waals surface area (Å²) >= 11 is 0. The largest absolute Gasteiger partial charge is 0.306 e. The minimum Gasteiger partial charge on any atom is -0.306 e. The third-order valence-corrected chi connectivity index (χ3v) is 6.54. The Morgan fingerprint density at radius 3 is 0.759 bits per heavy atom. The van der Waals surface area contributed by atoms with Crippen molar-refractivity contribution in [2.45, 2.75) is 162 Å². The second-order valence-electron chi connectivity index (χ2n) is 9.73. The molecule has 0 aromatic carbocycles. The standard InChI is InChI=1S/C28H59N/c1-4-6-8-10-12-13-14-15-16-17-18-19-20-21-22-24-26-28-29(3)27-25-23-11-9-7-5-2/h4-28H2,1-3H3. The highest BCUT2D eigenvalue weighted by molar-refractivity contribution is 4.55. The Labute approximate surface area is 186 Å². The monoisotopic (exact) mass is 409 g/mol. The summed E-state index contributed by atoms with van der Waals surface area (Å²) in [5, 5.41) is 0. The lowest BCUT2D eigenvalue weighted by Gasteiger charge is -2.16. The van der Waals surface area contributed by atoms with Crippen LogP contribution < -0.4 is 0 Å². The van der Waals surface area contributed by atoms with Gasteiger partial charge < -0.3 is 4.90 Å². The highest BCUT2D eigenvalue weighted by atomic mass is 15.1. The van der Waals surface area contributed by atoms with Gasteiger partial charge in [-0.1, -0.05) is 149 Å². The Kier molecular flexibility index (Phi) is 26.0. The SMILES string of the molecule is CCCCCCCCCCCCCCCCCCCN(C)CCCCCCCC. The molecule has 0 heterocycles. The quantitative estimate of drug-likeness (QED) is 0.136. The molecule has 0 fully saturated rings. The van der Waals surface area contributed by atoms with E-state index >= 15 is 0 Å². The molecule has 0 aromatic heterocycles. The number of nitrogens with zero attached hydrogens (tertiary/aromatic N) is 1. The molecule has 0 aliphatic heterocycles. The van der Waals surface area contributed by atoms with Gasteiger partial charge in [0.15, 0.2) is 0 Å². The number of unbranched alkanes of at least 4 members (excludes halogenated alkanes) is 21. The predicted octanol–water partition coefficient (Wildman–Crippen LogP) is 9.93. The topological polar surface area (TPSA) is 3.24 Å². The molecule has 0 amide bonds. The molecule has 0 spiro atoms. The molecule has 176 valence electrons. The van der Waals surface area contributed by atoms with Crippen LogP contribution in [0.4, 0.5) is 0 Å². The molecular weight excluding hydrogens is 350 g/mol. The van der Waals surface area contributed by atoms with Crippen LogP contribution in [0.25, 0.3) is 0 Å². The van der Waals surface area contributed by atoms with Crippen LogP contribution in [0.15, 0.2) is 0 Å². The minimum atomic E-state index is 1.31. The summed E-state index contributed by atoms with van der Waals surface area (Å²) in [7, 11) is 2.32. The van der Waals surface area contributed by atoms with Crippen molar-refractivity contribution in [3.05, 3.63) is 0 Å². The third kappa shape index (κ3) is 25.9. The van der Waals surface area contributed by atoms with Crippen LogP contribution in [-0.2, 0) is 0 Å². The normalized spacial score (nSPS) is 11.6. The van der Waals surface area contributed by atoms with Crippen molar-refractivity contribution in [3.63, 3.8) is 0 Å². The molecule has 0 aliphatic rings. The van der Waals surface area contributed by atoms with E-state index in [1.54, 1.807) is 0 Å². The van der Waals surface area contributed by atoms with E-state index in [9.17, 15) is 0 Å². The lowest BCUT2D eigenvalue weighted by atomic mass is 10.0. The lowest BCUT2D eigenvalue weighted by Crippen LogP contribution is -2.20. The molecule has 0 radical (unpaired) electrons. The van der Waals surface area contributed by atoms with Crippen molar-refractivity contribution in [1.29, 1.82) is 0 Å². The summed E-state index contributed by atoms with van der Waals surface area (Å²) in [5.41, 5.74) is 0. The first kappa shape index (κ1) is 29.0. The van der Waals surface area contributed by atoms with Gasteiger partial charge >= 0.3 is 0 Å². The molecule has 0 aromatic rings. The predicted molar refractivity (Wildman–Crippen MR) is 135 cm³/mol. The van der Waals surface area contributed by atoms with E-state index in [-0.39, 0.29) is 0 Å². The Bertz CT molecular complexity index is 275. The molecule has 0 unspecified atom stereocenters. The van der Waals surface area contributed by atoms with Gasteiger partial charge in [-0.3, -0.25) is 0 Å². The molecule has 0 saturated heterocycles. The number of hydrogen-bond donors (Lipinski definition) is 0. The Morgan fingerprint density at radius 2 is 0.517 bits per heavy atom. The van der Waals surface area contributed by atoms with E-state index in [0.29, 0.717) is 0 Å². The summed E-state index contributed by atoms with van der Waals surface area (Å²) in [4.78, 5) is 2.56. The van der Waals surface area contributed by atoms with Gasteiger partial charge in [-0.2, -0.15) is 0 Å². The van der Waals surface area contributed by atoms with Crippen molar-refractivity contribution in [2.75, 3.05) is 20.1 Å². The molecule has 1 heteroatoms. The first-order valence-corrected chi connectivity index (χ1v) is 14.0. The van der Waals surface area contributed by atoms with Crippen molar-refractivity contribution in [3.8, 4) is 0 Å². The van der Waals surface area contributed by atoms with Crippen LogP contribution in [-0.4, -0.2) is 25.0 Å². The third-order valence-electron chi connectivity index (χ3n) is 6.54. The van der Waals surface area contributed by atoms with E-state index in [1.807, 2.05) is 0 Å². The molecule has 1 nitrogen and oxygen atoms in total. The van der Waals surface area contributed by atoms with E-state index < -0.39 is 0 Å². The van der Waals surface area contributed by atoms with Crippen molar-refractivity contribution in [1.82, 2.24) is 4.90 Å². The van der Waals surface area contributed by atoms with E-state index in [4.69, 9.17) is 0 Å². The molecule has 0 rings (SSSR count). The lowest BCUT2D eigenvalue weighted by molar-refractivity contribution is 0.314. The highest BCUT2D eigenvalue weighted by Gasteiger charge is 1.99. The molecule has 0 N–H and O–H groups in total. The average molecular weight is 410 g/mol. The summed E-state index contributed by atoms with van der Waals surface area (Å²) in [5.74, 6) is 0. The minimum absolute atomic E-state index is 1.31. The number of hydrogen-bond acceptors (Lipinski definition) is 1. The molecule has 0 saturated carbocycles. The van der Waals surface area contributed by atoms with Crippen LogP contribution in [0.3, 0.4) is 0 Å². The van der Waals surface area contributed by atoms with Gasteiger partial charge in [-0.15, -0.1) is 0 Å². The Hall–Kier alpha value is -0.0400. The average Bonchev–Trinajstić information content (AvgIpc) is 2.73. The second kappa shape index (κ2) is 26.0. The van der Waals surface area contributed by atoms with Gasteiger partial charge in [0.05, 0.1) is 0 Å². The molecule has 0 aliphatic carbocycles. The fourth-order valence-electron chi connectivity index (χ4n) is 4.38. The fourth-order valence-corrected chi connectivity index (χ4v) is 4.38. The van der Waals surface area contributed by atoms with E-state index in [0.717, 1.165) is 0 Å². The van der Waals surface area contributed by atoms with Crippen LogP contribution in [0.2, 0.25) is 0 Å². The molecule has 0 atom stereocenters. The summed E-state index contributed by atoms with van der Waals surface area (Å²) in [6, 6.07) is 0. The van der Waals surface area contributed by atoms with Gasteiger partial charge in [-0.05, 0) is 33.0 Å². The molecule has 0 bridgehead atoms. The Balaban J connectivity index is 3.09. The van der Waals surface area contributed by atoms with Gasteiger partial charge in [0.2, 0.25) is 0 Å². The first-order chi connectivity index (χ1) is 14.3. The fraction of sp³-hybridized carbons (Fsp3) is 1.00. The maximum atomic E-state index is 2.56. The zero-order valence-electron chi connectivity index (χ0n) is 21.1. The van der Waals surface area contributed by atoms with Gasteiger partial charge in [0, 0.05) is 0 Å².